The number of ether oxygens (including phenoxy) is 2. The maximum atomic E-state index is 13.1. The van der Waals surface area contributed by atoms with Gasteiger partial charge in [-0.25, -0.2) is 8.42 Å². The fraction of sp³-hybridized carbons (Fsp3) is 0.545. The first-order valence-corrected chi connectivity index (χ1v) is 12.6. The smallest absolute Gasteiger partial charge is 0.256 e. The van der Waals surface area contributed by atoms with Gasteiger partial charge in [-0.15, -0.1) is 0 Å². The molecular formula is C22H30N4O6S. The van der Waals surface area contributed by atoms with Crippen LogP contribution in [0.2, 0.25) is 0 Å². The van der Waals surface area contributed by atoms with Crippen LogP contribution >= 0.6 is 0 Å². The van der Waals surface area contributed by atoms with Crippen molar-refractivity contribution in [3.05, 3.63) is 40.2 Å². The van der Waals surface area contributed by atoms with Crippen molar-refractivity contribution >= 4 is 26.8 Å². The Balaban J connectivity index is 1.52. The third kappa shape index (κ3) is 5.28. The molecule has 4 rings (SSSR count). The van der Waals surface area contributed by atoms with Gasteiger partial charge in [0.1, 0.15) is 5.56 Å². The van der Waals surface area contributed by atoms with Gasteiger partial charge in [-0.2, -0.15) is 4.31 Å². The van der Waals surface area contributed by atoms with Gasteiger partial charge in [0.15, 0.2) is 0 Å². The summed E-state index contributed by atoms with van der Waals surface area (Å²) in [6.45, 7) is 5.73. The summed E-state index contributed by atoms with van der Waals surface area (Å²) in [5, 5.41) is 3.02. The van der Waals surface area contributed by atoms with E-state index in [9.17, 15) is 18.0 Å². The van der Waals surface area contributed by atoms with Crippen LogP contribution in [0.1, 0.15) is 16.8 Å². The third-order valence-corrected chi connectivity index (χ3v) is 7.95. The lowest BCUT2D eigenvalue weighted by atomic mass is 10.1. The number of nitrogens with zero attached hydrogens (tertiary/aromatic N) is 3. The Bertz CT molecular complexity index is 1170. The topological polar surface area (TPSA) is 110 Å². The molecule has 0 saturated carbocycles. The molecule has 0 spiro atoms. The van der Waals surface area contributed by atoms with E-state index in [0.29, 0.717) is 25.3 Å². The highest BCUT2D eigenvalue weighted by molar-refractivity contribution is 7.89. The van der Waals surface area contributed by atoms with Crippen molar-refractivity contribution in [1.29, 1.82) is 0 Å². The minimum absolute atomic E-state index is 0.00251. The van der Waals surface area contributed by atoms with Crippen LogP contribution in [0.15, 0.2) is 34.1 Å². The van der Waals surface area contributed by atoms with Crippen molar-refractivity contribution in [3.8, 4) is 0 Å². The van der Waals surface area contributed by atoms with E-state index >= 15 is 0 Å². The van der Waals surface area contributed by atoms with E-state index < -0.39 is 21.4 Å². The maximum absolute atomic E-state index is 13.1. The second kappa shape index (κ2) is 10.3. The van der Waals surface area contributed by atoms with E-state index in [-0.39, 0.29) is 28.9 Å². The van der Waals surface area contributed by atoms with Crippen molar-refractivity contribution in [2.75, 3.05) is 65.7 Å². The molecule has 180 valence electrons. The summed E-state index contributed by atoms with van der Waals surface area (Å²) in [6, 6.07) is 4.48. The minimum atomic E-state index is -3.75. The number of nitrogens with one attached hydrogen (secondary N) is 1. The van der Waals surface area contributed by atoms with Gasteiger partial charge in [-0.3, -0.25) is 14.5 Å². The first kappa shape index (κ1) is 23.8. The first-order chi connectivity index (χ1) is 15.9. The van der Waals surface area contributed by atoms with Crippen LogP contribution in [0, 0.1) is 0 Å². The molecule has 11 heteroatoms. The summed E-state index contributed by atoms with van der Waals surface area (Å²) in [5.74, 6) is -0.457. The SMILES string of the molecule is Cn1cc(C(=O)NCCCN2CCOCC2)c(=O)c2cc(S(=O)(=O)N3CCOCC3)ccc21. The molecule has 3 heterocycles. The van der Waals surface area contributed by atoms with Gasteiger partial charge in [-0.1, -0.05) is 0 Å². The number of carbonyl (C=O) groups excluding carboxylic acids is 1. The summed E-state index contributed by atoms with van der Waals surface area (Å²) in [7, 11) is -2.02. The van der Waals surface area contributed by atoms with Gasteiger partial charge in [0.25, 0.3) is 5.91 Å². The molecule has 2 saturated heterocycles. The Labute approximate surface area is 193 Å². The molecule has 2 aliphatic heterocycles. The molecule has 1 aromatic carbocycles. The number of aryl methyl sites for hydroxylation is 1. The molecule has 1 aromatic heterocycles. The summed E-state index contributed by atoms with van der Waals surface area (Å²) >= 11 is 0. The zero-order valence-corrected chi connectivity index (χ0v) is 19.6. The molecule has 0 bridgehead atoms. The summed E-state index contributed by atoms with van der Waals surface area (Å²) in [5.41, 5.74) is 0.0786. The van der Waals surface area contributed by atoms with Crippen LogP contribution < -0.4 is 10.7 Å². The lowest BCUT2D eigenvalue weighted by Crippen LogP contribution is -2.40. The van der Waals surface area contributed by atoms with Crippen molar-refractivity contribution < 1.29 is 22.7 Å². The summed E-state index contributed by atoms with van der Waals surface area (Å²) < 4.78 is 39.6. The number of amides is 1. The first-order valence-electron chi connectivity index (χ1n) is 11.2. The molecule has 33 heavy (non-hydrogen) atoms. The number of fused-ring (bicyclic) bond motifs is 1. The van der Waals surface area contributed by atoms with Crippen LogP contribution in [-0.4, -0.2) is 93.8 Å². The normalized spacial score (nSPS) is 18.5. The highest BCUT2D eigenvalue weighted by atomic mass is 32.2. The van der Waals surface area contributed by atoms with Crippen LogP contribution in [0.4, 0.5) is 0 Å². The Hall–Kier alpha value is -2.31. The van der Waals surface area contributed by atoms with Gasteiger partial charge in [0, 0.05) is 51.4 Å². The van der Waals surface area contributed by atoms with E-state index in [1.54, 1.807) is 17.7 Å². The molecule has 1 N–H and O–H groups in total. The zero-order chi connectivity index (χ0) is 23.4. The predicted molar refractivity (Wildman–Crippen MR) is 123 cm³/mol. The number of morpholine rings is 2. The average molecular weight is 479 g/mol. The van der Waals surface area contributed by atoms with Crippen molar-refractivity contribution in [2.24, 2.45) is 7.05 Å². The molecule has 0 radical (unpaired) electrons. The Morgan fingerprint density at radius 3 is 2.42 bits per heavy atom. The second-order valence-electron chi connectivity index (χ2n) is 8.24. The molecular weight excluding hydrogens is 448 g/mol. The quantitative estimate of drug-likeness (QED) is 0.559. The minimum Gasteiger partial charge on any atom is -0.379 e. The molecule has 10 nitrogen and oxygen atoms in total. The van der Waals surface area contributed by atoms with Gasteiger partial charge in [0.05, 0.1) is 36.8 Å². The van der Waals surface area contributed by atoms with E-state index in [2.05, 4.69) is 10.2 Å². The average Bonchev–Trinajstić information content (AvgIpc) is 2.84. The summed E-state index contributed by atoms with van der Waals surface area (Å²) in [4.78, 5) is 28.2. The number of hydrogen-bond donors (Lipinski definition) is 1. The second-order valence-corrected chi connectivity index (χ2v) is 10.2. The number of benzene rings is 1. The molecule has 0 atom stereocenters. The van der Waals surface area contributed by atoms with Gasteiger partial charge in [-0.05, 0) is 31.2 Å². The van der Waals surface area contributed by atoms with Gasteiger partial charge < -0.3 is 19.4 Å². The van der Waals surface area contributed by atoms with Crippen LogP contribution in [0.3, 0.4) is 0 Å². The number of sulfonamides is 1. The lowest BCUT2D eigenvalue weighted by molar-refractivity contribution is 0.0374. The van der Waals surface area contributed by atoms with Crippen molar-refractivity contribution in [1.82, 2.24) is 19.1 Å². The van der Waals surface area contributed by atoms with E-state index in [0.717, 1.165) is 39.3 Å². The molecule has 2 fully saturated rings. The van der Waals surface area contributed by atoms with Gasteiger partial charge in [0.2, 0.25) is 15.5 Å². The molecule has 1 amide bonds. The third-order valence-electron chi connectivity index (χ3n) is 6.05. The van der Waals surface area contributed by atoms with E-state index in [1.165, 1.54) is 22.6 Å². The highest BCUT2D eigenvalue weighted by Crippen LogP contribution is 2.21. The molecule has 0 unspecified atom stereocenters. The highest BCUT2D eigenvalue weighted by Gasteiger charge is 2.27. The fourth-order valence-corrected chi connectivity index (χ4v) is 5.59. The summed E-state index contributed by atoms with van der Waals surface area (Å²) in [6.07, 6.45) is 2.26. The van der Waals surface area contributed by atoms with E-state index in [1.807, 2.05) is 0 Å². The van der Waals surface area contributed by atoms with Crippen LogP contribution in [0.25, 0.3) is 10.9 Å². The van der Waals surface area contributed by atoms with Crippen LogP contribution in [0.5, 0.6) is 0 Å². The maximum Gasteiger partial charge on any atom is 0.256 e. The number of rotatable bonds is 7. The zero-order valence-electron chi connectivity index (χ0n) is 18.8. The standard InChI is InChI=1S/C22H30N4O6S/c1-24-16-19(22(28)23-5-2-6-25-7-11-31-12-8-25)21(27)18-15-17(3-4-20(18)24)33(29,30)26-9-13-32-14-10-26/h3-4,15-16H,2,5-14H2,1H3,(H,23,28). The van der Waals surface area contributed by atoms with Crippen LogP contribution in [-0.2, 0) is 26.5 Å². The Morgan fingerprint density at radius 2 is 1.73 bits per heavy atom. The fourth-order valence-electron chi connectivity index (χ4n) is 4.15. The van der Waals surface area contributed by atoms with Crippen molar-refractivity contribution in [3.63, 3.8) is 0 Å². The molecule has 2 aliphatic rings. The molecule has 2 aromatic rings. The molecule has 0 aliphatic carbocycles. The Morgan fingerprint density at radius 1 is 1.06 bits per heavy atom. The lowest BCUT2D eigenvalue weighted by Gasteiger charge is -2.26. The largest absolute Gasteiger partial charge is 0.379 e. The number of aromatic nitrogens is 1. The Kier molecular flexibility index (Phi) is 7.45. The van der Waals surface area contributed by atoms with E-state index in [4.69, 9.17) is 9.47 Å². The number of carbonyl (C=O) groups is 1. The monoisotopic (exact) mass is 478 g/mol. The predicted octanol–water partition coefficient (Wildman–Crippen LogP) is 0.0115. The number of hydrogen-bond acceptors (Lipinski definition) is 7. The van der Waals surface area contributed by atoms with Gasteiger partial charge >= 0.3 is 0 Å². The number of pyridine rings is 1. The van der Waals surface area contributed by atoms with Crippen molar-refractivity contribution in [2.45, 2.75) is 11.3 Å².